The molecule has 0 aliphatic heterocycles. The third-order valence-electron chi connectivity index (χ3n) is 2.83. The maximum absolute atomic E-state index is 6.08. The zero-order valence-electron chi connectivity index (χ0n) is 9.34. The number of hydrogen-bond donors (Lipinski definition) is 1. The van der Waals surface area contributed by atoms with Crippen LogP contribution in [0.2, 0.25) is 5.15 Å². The fraction of sp³-hybridized carbons (Fsp3) is 0.636. The van der Waals surface area contributed by atoms with Gasteiger partial charge in [-0.1, -0.05) is 25.4 Å². The number of rotatable bonds is 3. The van der Waals surface area contributed by atoms with Gasteiger partial charge in [0.25, 0.3) is 0 Å². The molecule has 3 nitrogen and oxygen atoms in total. The highest BCUT2D eigenvalue weighted by molar-refractivity contribution is 6.30. The van der Waals surface area contributed by atoms with Crippen molar-refractivity contribution in [2.75, 3.05) is 5.32 Å². The van der Waals surface area contributed by atoms with Crippen molar-refractivity contribution in [3.05, 3.63) is 17.0 Å². The Bertz CT molecular complexity index is 372. The molecule has 1 saturated carbocycles. The van der Waals surface area contributed by atoms with Crippen molar-refractivity contribution < 1.29 is 0 Å². The van der Waals surface area contributed by atoms with E-state index in [0.717, 1.165) is 11.4 Å². The molecular formula is C11H16ClN3. The van der Waals surface area contributed by atoms with E-state index in [9.17, 15) is 0 Å². The number of anilines is 1. The van der Waals surface area contributed by atoms with E-state index in [1.54, 1.807) is 0 Å². The number of nitrogens with one attached hydrogen (secondary N) is 1. The summed E-state index contributed by atoms with van der Waals surface area (Å²) in [5.41, 5.74) is 1.24. The lowest BCUT2D eigenvalue weighted by Crippen LogP contribution is -2.19. The first-order valence-electron chi connectivity index (χ1n) is 5.30. The monoisotopic (exact) mass is 225 g/mol. The quantitative estimate of drug-likeness (QED) is 0.803. The zero-order valence-corrected chi connectivity index (χ0v) is 10.1. The second-order valence-corrected chi connectivity index (χ2v) is 5.13. The van der Waals surface area contributed by atoms with Crippen molar-refractivity contribution in [1.82, 2.24) is 9.97 Å². The molecule has 1 heterocycles. The van der Waals surface area contributed by atoms with Crippen LogP contribution in [0, 0.1) is 0 Å². The average molecular weight is 226 g/mol. The molecule has 82 valence electrons. The van der Waals surface area contributed by atoms with Gasteiger partial charge in [-0.25, -0.2) is 9.97 Å². The second-order valence-electron chi connectivity index (χ2n) is 4.77. The SMILES string of the molecule is CC(C)c1c(Cl)ncnc1NC1(C)CC1. The fourth-order valence-corrected chi connectivity index (χ4v) is 1.94. The van der Waals surface area contributed by atoms with Crippen molar-refractivity contribution in [1.29, 1.82) is 0 Å². The predicted octanol–water partition coefficient (Wildman–Crippen LogP) is 3.22. The normalized spacial score (nSPS) is 17.9. The van der Waals surface area contributed by atoms with Gasteiger partial charge in [0.05, 0.1) is 0 Å². The number of hydrogen-bond acceptors (Lipinski definition) is 3. The van der Waals surface area contributed by atoms with Crippen LogP contribution in [-0.2, 0) is 0 Å². The lowest BCUT2D eigenvalue weighted by Gasteiger charge is -2.18. The molecule has 2 rings (SSSR count). The van der Waals surface area contributed by atoms with Crippen LogP contribution in [0.5, 0.6) is 0 Å². The largest absolute Gasteiger partial charge is 0.365 e. The lowest BCUT2D eigenvalue weighted by atomic mass is 10.1. The summed E-state index contributed by atoms with van der Waals surface area (Å²) < 4.78 is 0. The minimum atomic E-state index is 0.224. The molecule has 0 spiro atoms. The summed E-state index contributed by atoms with van der Waals surface area (Å²) in [6, 6.07) is 0. The third kappa shape index (κ3) is 2.23. The Hall–Kier alpha value is -0.830. The van der Waals surface area contributed by atoms with Crippen LogP contribution < -0.4 is 5.32 Å². The lowest BCUT2D eigenvalue weighted by molar-refractivity contribution is 0.792. The Kier molecular flexibility index (Phi) is 2.59. The number of nitrogens with zero attached hydrogens (tertiary/aromatic N) is 2. The van der Waals surface area contributed by atoms with Gasteiger partial charge in [0.15, 0.2) is 0 Å². The first-order valence-corrected chi connectivity index (χ1v) is 5.68. The molecule has 1 aromatic heterocycles. The Morgan fingerprint density at radius 1 is 1.40 bits per heavy atom. The summed E-state index contributed by atoms with van der Waals surface area (Å²) >= 11 is 6.08. The van der Waals surface area contributed by atoms with E-state index in [1.807, 2.05) is 0 Å². The smallest absolute Gasteiger partial charge is 0.138 e. The molecule has 0 amide bonds. The van der Waals surface area contributed by atoms with E-state index in [1.165, 1.54) is 19.2 Å². The molecule has 0 saturated heterocycles. The highest BCUT2D eigenvalue weighted by atomic mass is 35.5. The first kappa shape index (κ1) is 10.7. The van der Waals surface area contributed by atoms with Crippen molar-refractivity contribution in [3.63, 3.8) is 0 Å². The molecule has 0 aromatic carbocycles. The summed E-state index contributed by atoms with van der Waals surface area (Å²) in [5, 5.41) is 4.01. The Morgan fingerprint density at radius 2 is 2.07 bits per heavy atom. The van der Waals surface area contributed by atoms with E-state index in [0.29, 0.717) is 11.1 Å². The van der Waals surface area contributed by atoms with E-state index in [-0.39, 0.29) is 5.54 Å². The molecule has 1 fully saturated rings. The van der Waals surface area contributed by atoms with Crippen LogP contribution >= 0.6 is 11.6 Å². The molecule has 0 atom stereocenters. The molecule has 1 aliphatic carbocycles. The molecule has 0 bridgehead atoms. The summed E-state index contributed by atoms with van der Waals surface area (Å²) in [4.78, 5) is 8.31. The van der Waals surface area contributed by atoms with E-state index in [2.05, 4.69) is 36.1 Å². The van der Waals surface area contributed by atoms with Gasteiger partial charge >= 0.3 is 0 Å². The molecule has 0 radical (unpaired) electrons. The fourth-order valence-electron chi connectivity index (χ4n) is 1.58. The summed E-state index contributed by atoms with van der Waals surface area (Å²) in [7, 11) is 0. The van der Waals surface area contributed by atoms with Crippen molar-refractivity contribution >= 4 is 17.4 Å². The van der Waals surface area contributed by atoms with Crippen molar-refractivity contribution in [3.8, 4) is 0 Å². The molecule has 1 N–H and O–H groups in total. The number of aromatic nitrogens is 2. The molecule has 1 aromatic rings. The molecule has 15 heavy (non-hydrogen) atoms. The van der Waals surface area contributed by atoms with Gasteiger partial charge in [-0.05, 0) is 25.7 Å². The Morgan fingerprint density at radius 3 is 2.60 bits per heavy atom. The Balaban J connectivity index is 2.32. The van der Waals surface area contributed by atoms with Crippen LogP contribution in [-0.4, -0.2) is 15.5 Å². The van der Waals surface area contributed by atoms with E-state index in [4.69, 9.17) is 11.6 Å². The average Bonchev–Trinajstić information content (AvgIpc) is 2.82. The van der Waals surface area contributed by atoms with Gasteiger partial charge in [-0.3, -0.25) is 0 Å². The molecular weight excluding hydrogens is 210 g/mol. The van der Waals surface area contributed by atoms with Gasteiger partial charge in [0, 0.05) is 11.1 Å². The van der Waals surface area contributed by atoms with Crippen LogP contribution in [0.3, 0.4) is 0 Å². The van der Waals surface area contributed by atoms with Gasteiger partial charge in [-0.2, -0.15) is 0 Å². The molecule has 0 unspecified atom stereocenters. The minimum absolute atomic E-state index is 0.224. The maximum atomic E-state index is 6.08. The third-order valence-corrected chi connectivity index (χ3v) is 3.13. The van der Waals surface area contributed by atoms with Gasteiger partial charge in [0.2, 0.25) is 0 Å². The van der Waals surface area contributed by atoms with Crippen LogP contribution in [0.25, 0.3) is 0 Å². The van der Waals surface area contributed by atoms with E-state index < -0.39 is 0 Å². The van der Waals surface area contributed by atoms with Gasteiger partial charge < -0.3 is 5.32 Å². The zero-order chi connectivity index (χ0) is 11.1. The molecule has 4 heteroatoms. The topological polar surface area (TPSA) is 37.8 Å². The van der Waals surface area contributed by atoms with Crippen LogP contribution in [0.4, 0.5) is 5.82 Å². The standard InChI is InChI=1S/C11H16ClN3/c1-7(2)8-9(12)13-6-14-10(8)15-11(3)4-5-11/h6-7H,4-5H2,1-3H3,(H,13,14,15). The Labute approximate surface area is 95.3 Å². The van der Waals surface area contributed by atoms with Gasteiger partial charge in [-0.15, -0.1) is 0 Å². The first-order chi connectivity index (χ1) is 7.02. The summed E-state index contributed by atoms with van der Waals surface area (Å²) in [5.74, 6) is 1.23. The minimum Gasteiger partial charge on any atom is -0.365 e. The maximum Gasteiger partial charge on any atom is 0.138 e. The van der Waals surface area contributed by atoms with Crippen LogP contribution in [0.15, 0.2) is 6.33 Å². The van der Waals surface area contributed by atoms with Gasteiger partial charge in [0.1, 0.15) is 17.3 Å². The van der Waals surface area contributed by atoms with Crippen molar-refractivity contribution in [2.45, 2.75) is 45.1 Å². The summed E-state index contributed by atoms with van der Waals surface area (Å²) in [6.07, 6.45) is 3.92. The van der Waals surface area contributed by atoms with Crippen molar-refractivity contribution in [2.24, 2.45) is 0 Å². The highest BCUT2D eigenvalue weighted by Gasteiger charge is 2.38. The predicted molar refractivity (Wildman–Crippen MR) is 62.4 cm³/mol. The highest BCUT2D eigenvalue weighted by Crippen LogP contribution is 2.40. The van der Waals surface area contributed by atoms with Crippen LogP contribution in [0.1, 0.15) is 45.1 Å². The second kappa shape index (κ2) is 3.63. The molecule has 1 aliphatic rings. The summed E-state index contributed by atoms with van der Waals surface area (Å²) in [6.45, 7) is 6.41. The van der Waals surface area contributed by atoms with E-state index >= 15 is 0 Å². The number of halogens is 1.